The summed E-state index contributed by atoms with van der Waals surface area (Å²) in [7, 11) is 2.17. The van der Waals surface area contributed by atoms with Gasteiger partial charge in [0, 0.05) is 12.6 Å². The zero-order valence-corrected chi connectivity index (χ0v) is 10.1. The van der Waals surface area contributed by atoms with Crippen LogP contribution in [0.4, 0.5) is 0 Å². The van der Waals surface area contributed by atoms with E-state index in [0.717, 1.165) is 25.4 Å². The van der Waals surface area contributed by atoms with Crippen LogP contribution in [0.3, 0.4) is 0 Å². The van der Waals surface area contributed by atoms with Crippen molar-refractivity contribution in [3.05, 3.63) is 35.9 Å². The molecule has 1 aromatic carbocycles. The predicted octanol–water partition coefficient (Wildman–Crippen LogP) is 2.25. The molecule has 0 aliphatic heterocycles. The first-order valence-electron chi connectivity index (χ1n) is 6.24. The molecule has 88 valence electrons. The lowest BCUT2D eigenvalue weighted by Crippen LogP contribution is -2.29. The fraction of sp³-hybridized carbons (Fsp3) is 0.571. The quantitative estimate of drug-likeness (QED) is 0.793. The average molecular weight is 218 g/mol. The highest BCUT2D eigenvalue weighted by molar-refractivity contribution is 5.14. The maximum atomic E-state index is 6.09. The Morgan fingerprint density at radius 3 is 2.62 bits per heavy atom. The maximum absolute atomic E-state index is 6.09. The van der Waals surface area contributed by atoms with Crippen molar-refractivity contribution in [2.45, 2.75) is 31.8 Å². The summed E-state index contributed by atoms with van der Waals surface area (Å²) >= 11 is 0. The minimum absolute atomic E-state index is 0.429. The van der Waals surface area contributed by atoms with Gasteiger partial charge in [0.25, 0.3) is 0 Å². The number of hydrogen-bond donors (Lipinski definition) is 1. The van der Waals surface area contributed by atoms with Gasteiger partial charge in [-0.25, -0.2) is 0 Å². The number of rotatable bonds is 6. The summed E-state index contributed by atoms with van der Waals surface area (Å²) < 4.78 is 0. The minimum Gasteiger partial charge on any atom is -0.327 e. The van der Waals surface area contributed by atoms with Crippen molar-refractivity contribution in [3.8, 4) is 0 Å². The van der Waals surface area contributed by atoms with Gasteiger partial charge < -0.3 is 10.6 Å². The monoisotopic (exact) mass is 218 g/mol. The Kier molecular flexibility index (Phi) is 3.97. The molecule has 2 heteroatoms. The van der Waals surface area contributed by atoms with Crippen molar-refractivity contribution in [2.24, 2.45) is 11.7 Å². The topological polar surface area (TPSA) is 29.3 Å². The molecule has 0 spiro atoms. The van der Waals surface area contributed by atoms with Gasteiger partial charge in [-0.3, -0.25) is 0 Å². The minimum atomic E-state index is 0.429. The van der Waals surface area contributed by atoms with Crippen LogP contribution in [0.5, 0.6) is 0 Å². The van der Waals surface area contributed by atoms with Gasteiger partial charge in [-0.15, -0.1) is 0 Å². The molecule has 0 amide bonds. The molecule has 1 saturated carbocycles. The van der Waals surface area contributed by atoms with Gasteiger partial charge in [-0.2, -0.15) is 0 Å². The van der Waals surface area contributed by atoms with Gasteiger partial charge in [-0.05, 0) is 44.3 Å². The average Bonchev–Trinajstić information content (AvgIpc) is 3.11. The first-order chi connectivity index (χ1) is 7.75. The number of hydrogen-bond acceptors (Lipinski definition) is 2. The van der Waals surface area contributed by atoms with Crippen LogP contribution in [0.1, 0.15) is 24.8 Å². The smallest absolute Gasteiger partial charge is 0.0230 e. The molecular formula is C14H22N2. The third-order valence-corrected chi connectivity index (χ3v) is 3.37. The third kappa shape index (κ3) is 3.62. The first kappa shape index (κ1) is 11.6. The summed E-state index contributed by atoms with van der Waals surface area (Å²) in [5, 5.41) is 0. The van der Waals surface area contributed by atoms with Crippen LogP contribution in [0, 0.1) is 5.92 Å². The molecule has 2 rings (SSSR count). The van der Waals surface area contributed by atoms with Crippen molar-refractivity contribution in [3.63, 3.8) is 0 Å². The highest BCUT2D eigenvalue weighted by Crippen LogP contribution is 2.32. The molecule has 0 radical (unpaired) electrons. The summed E-state index contributed by atoms with van der Waals surface area (Å²) in [6, 6.07) is 11.0. The van der Waals surface area contributed by atoms with Crippen LogP contribution in [0.15, 0.2) is 30.3 Å². The fourth-order valence-corrected chi connectivity index (χ4v) is 2.10. The Balaban J connectivity index is 1.69. The van der Waals surface area contributed by atoms with Gasteiger partial charge in [0.05, 0.1) is 0 Å². The van der Waals surface area contributed by atoms with E-state index in [2.05, 4.69) is 42.3 Å². The lowest BCUT2D eigenvalue weighted by atomic mass is 10.1. The molecule has 0 bridgehead atoms. The second-order valence-corrected chi connectivity index (χ2v) is 5.01. The summed E-state index contributed by atoms with van der Waals surface area (Å²) in [5.74, 6) is 0.824. The molecule has 0 saturated heterocycles. The Bertz CT molecular complexity index is 306. The van der Waals surface area contributed by atoms with E-state index in [1.807, 2.05) is 0 Å². The Morgan fingerprint density at radius 2 is 2.00 bits per heavy atom. The molecule has 0 heterocycles. The zero-order valence-electron chi connectivity index (χ0n) is 10.1. The summed E-state index contributed by atoms with van der Waals surface area (Å²) in [6.45, 7) is 2.13. The van der Waals surface area contributed by atoms with E-state index in [1.54, 1.807) is 0 Å². The fourth-order valence-electron chi connectivity index (χ4n) is 2.10. The van der Waals surface area contributed by atoms with Crippen LogP contribution in [-0.4, -0.2) is 24.5 Å². The highest BCUT2D eigenvalue weighted by atomic mass is 15.1. The van der Waals surface area contributed by atoms with Crippen LogP contribution in [-0.2, 0) is 6.54 Å². The van der Waals surface area contributed by atoms with Crippen molar-refractivity contribution in [1.29, 1.82) is 0 Å². The molecule has 16 heavy (non-hydrogen) atoms. The molecule has 1 aromatic rings. The maximum Gasteiger partial charge on any atom is 0.0230 e. The van der Waals surface area contributed by atoms with E-state index >= 15 is 0 Å². The largest absolute Gasteiger partial charge is 0.327 e. The van der Waals surface area contributed by atoms with Crippen molar-refractivity contribution in [2.75, 3.05) is 13.6 Å². The van der Waals surface area contributed by atoms with E-state index in [-0.39, 0.29) is 0 Å². The zero-order chi connectivity index (χ0) is 11.4. The Hall–Kier alpha value is -0.860. The molecule has 1 atom stereocenters. The number of nitrogens with zero attached hydrogens (tertiary/aromatic N) is 1. The van der Waals surface area contributed by atoms with Crippen molar-refractivity contribution >= 4 is 0 Å². The van der Waals surface area contributed by atoms with E-state index in [0.29, 0.717) is 6.04 Å². The van der Waals surface area contributed by atoms with Gasteiger partial charge in [0.15, 0.2) is 0 Å². The lowest BCUT2D eigenvalue weighted by Gasteiger charge is -2.19. The lowest BCUT2D eigenvalue weighted by molar-refractivity contribution is 0.305. The first-order valence-corrected chi connectivity index (χ1v) is 6.24. The molecule has 1 aliphatic carbocycles. The summed E-state index contributed by atoms with van der Waals surface area (Å²) in [6.07, 6.45) is 3.83. The SMILES string of the molecule is CN(CCC(N)C1CC1)Cc1ccccc1. The van der Waals surface area contributed by atoms with Crippen LogP contribution in [0.2, 0.25) is 0 Å². The highest BCUT2D eigenvalue weighted by Gasteiger charge is 2.27. The Labute approximate surface area is 98.4 Å². The summed E-state index contributed by atoms with van der Waals surface area (Å²) in [5.41, 5.74) is 7.47. The Morgan fingerprint density at radius 1 is 1.31 bits per heavy atom. The molecule has 2 N–H and O–H groups in total. The van der Waals surface area contributed by atoms with E-state index < -0.39 is 0 Å². The second-order valence-electron chi connectivity index (χ2n) is 5.01. The summed E-state index contributed by atoms with van der Waals surface area (Å²) in [4.78, 5) is 2.36. The van der Waals surface area contributed by atoms with E-state index in [4.69, 9.17) is 5.73 Å². The molecule has 1 unspecified atom stereocenters. The van der Waals surface area contributed by atoms with Crippen LogP contribution < -0.4 is 5.73 Å². The standard InChI is InChI=1S/C14H22N2/c1-16(10-9-14(15)13-7-8-13)11-12-5-3-2-4-6-12/h2-6,13-14H,7-11,15H2,1H3. The number of benzene rings is 1. The van der Waals surface area contributed by atoms with Crippen molar-refractivity contribution in [1.82, 2.24) is 4.90 Å². The van der Waals surface area contributed by atoms with Gasteiger partial charge in [-0.1, -0.05) is 30.3 Å². The van der Waals surface area contributed by atoms with Gasteiger partial charge in [0.2, 0.25) is 0 Å². The molecular weight excluding hydrogens is 196 g/mol. The van der Waals surface area contributed by atoms with Crippen molar-refractivity contribution < 1.29 is 0 Å². The van der Waals surface area contributed by atoms with Crippen LogP contribution in [0.25, 0.3) is 0 Å². The normalized spacial score (nSPS) is 17.7. The molecule has 2 nitrogen and oxygen atoms in total. The molecule has 0 aromatic heterocycles. The van der Waals surface area contributed by atoms with E-state index in [1.165, 1.54) is 18.4 Å². The predicted molar refractivity (Wildman–Crippen MR) is 68.1 cm³/mol. The second kappa shape index (κ2) is 5.46. The molecule has 1 fully saturated rings. The van der Waals surface area contributed by atoms with Gasteiger partial charge >= 0.3 is 0 Å². The van der Waals surface area contributed by atoms with E-state index in [9.17, 15) is 0 Å². The number of nitrogens with two attached hydrogens (primary N) is 1. The van der Waals surface area contributed by atoms with Crippen LogP contribution >= 0.6 is 0 Å². The molecule has 1 aliphatic rings. The third-order valence-electron chi connectivity index (χ3n) is 3.37. The van der Waals surface area contributed by atoms with Gasteiger partial charge in [0.1, 0.15) is 0 Å².